The van der Waals surface area contributed by atoms with E-state index >= 15 is 0 Å². The van der Waals surface area contributed by atoms with Crippen LogP contribution in [0, 0.1) is 0 Å². The molecule has 88 heavy (non-hydrogen) atoms. The molecule has 0 aromatic heterocycles. The SMILES string of the molecule is CCCCCCCCCCCCCCCCCCCC(=O)O[C@H](COC(=O)CCCCCCCCCCCCCCCCC)COP(=O)(O)OC[C@@H](O)COP(=O)(O)OC[C@@H](COC(=O)CCCCCCCCCC)OC(=O)CCCCCCCCCC. The highest BCUT2D eigenvalue weighted by molar-refractivity contribution is 7.47. The Kier molecular flexibility index (Phi) is 62.4. The lowest BCUT2D eigenvalue weighted by atomic mass is 10.0. The van der Waals surface area contributed by atoms with Crippen LogP contribution in [0.25, 0.3) is 0 Å². The van der Waals surface area contributed by atoms with Gasteiger partial charge in [0.1, 0.15) is 19.3 Å². The molecule has 0 saturated carbocycles. The van der Waals surface area contributed by atoms with E-state index in [0.717, 1.165) is 103 Å². The molecule has 0 saturated heterocycles. The number of hydrogen-bond donors (Lipinski definition) is 3. The second-order valence-corrected chi connectivity index (χ2v) is 27.8. The van der Waals surface area contributed by atoms with Crippen molar-refractivity contribution in [1.82, 2.24) is 0 Å². The minimum Gasteiger partial charge on any atom is -0.462 e. The lowest BCUT2D eigenvalue weighted by Gasteiger charge is -2.21. The third-order valence-corrected chi connectivity index (χ3v) is 18.0. The second kappa shape index (κ2) is 63.8. The van der Waals surface area contributed by atoms with Crippen molar-refractivity contribution in [2.24, 2.45) is 0 Å². The number of unbranched alkanes of at least 4 members (excludes halogenated alkanes) is 44. The van der Waals surface area contributed by atoms with Crippen LogP contribution in [0.3, 0.4) is 0 Å². The van der Waals surface area contributed by atoms with Crippen molar-refractivity contribution in [2.45, 2.75) is 380 Å². The maximum Gasteiger partial charge on any atom is 0.472 e. The first kappa shape index (κ1) is 86.1. The topological polar surface area (TPSA) is 237 Å². The summed E-state index contributed by atoms with van der Waals surface area (Å²) < 4.78 is 68.1. The smallest absolute Gasteiger partial charge is 0.462 e. The second-order valence-electron chi connectivity index (χ2n) is 24.9. The molecule has 5 atom stereocenters. The number of ether oxygens (including phenoxy) is 4. The van der Waals surface area contributed by atoms with Crippen molar-refractivity contribution in [1.29, 1.82) is 0 Å². The van der Waals surface area contributed by atoms with Gasteiger partial charge in [-0.05, 0) is 25.7 Å². The molecule has 0 aromatic rings. The average molecular weight is 1300 g/mol. The Hall–Kier alpha value is -1.94. The van der Waals surface area contributed by atoms with E-state index in [1.165, 1.54) is 180 Å². The highest BCUT2D eigenvalue weighted by Gasteiger charge is 2.30. The van der Waals surface area contributed by atoms with Crippen LogP contribution in [-0.2, 0) is 65.4 Å². The normalized spacial score (nSPS) is 14.0. The van der Waals surface area contributed by atoms with Crippen LogP contribution >= 0.6 is 15.6 Å². The summed E-state index contributed by atoms with van der Waals surface area (Å²) in [6.07, 6.45) is 51.4. The summed E-state index contributed by atoms with van der Waals surface area (Å²) in [5, 5.41) is 10.6. The predicted molar refractivity (Wildman–Crippen MR) is 354 cm³/mol. The summed E-state index contributed by atoms with van der Waals surface area (Å²) in [4.78, 5) is 72.3. The molecule has 0 heterocycles. The molecular formula is C69H134O17P2. The fourth-order valence-electron chi connectivity index (χ4n) is 10.5. The van der Waals surface area contributed by atoms with Crippen molar-refractivity contribution < 1.29 is 80.2 Å². The monoisotopic (exact) mass is 1300 g/mol. The Bertz CT molecular complexity index is 1690. The molecule has 2 unspecified atom stereocenters. The van der Waals surface area contributed by atoms with Gasteiger partial charge < -0.3 is 33.8 Å². The van der Waals surface area contributed by atoms with Gasteiger partial charge in [-0.1, -0.05) is 310 Å². The van der Waals surface area contributed by atoms with Gasteiger partial charge in [-0.25, -0.2) is 9.13 Å². The van der Waals surface area contributed by atoms with Crippen molar-refractivity contribution in [3.63, 3.8) is 0 Å². The lowest BCUT2D eigenvalue weighted by molar-refractivity contribution is -0.161. The standard InChI is InChI=1S/C69H134O17P2/c1-5-9-13-17-21-25-27-29-31-32-34-36-38-40-44-48-52-56-69(74)86-65(60-80-67(72)54-50-46-43-39-37-35-33-30-28-26-22-18-14-10-6-2)62-84-88(77,78)82-58-63(70)57-81-87(75,76)83-61-64(85-68(73)55-51-47-42-24-20-16-12-8-4)59-79-66(71)53-49-45-41-23-19-15-11-7-3/h63-65,70H,5-62H2,1-4H3,(H,75,76)(H,77,78)/t63-,64+,65+/m0/s1. The van der Waals surface area contributed by atoms with Crippen molar-refractivity contribution >= 4 is 39.5 Å². The van der Waals surface area contributed by atoms with Crippen LogP contribution in [0.5, 0.6) is 0 Å². The van der Waals surface area contributed by atoms with E-state index in [-0.39, 0.29) is 25.7 Å². The number of phosphoric ester groups is 2. The van der Waals surface area contributed by atoms with Gasteiger partial charge in [0, 0.05) is 25.7 Å². The Morgan fingerprint density at radius 3 is 0.670 bits per heavy atom. The number of carbonyl (C=O) groups excluding carboxylic acids is 4. The van der Waals surface area contributed by atoms with Gasteiger partial charge in [0.2, 0.25) is 0 Å². The summed E-state index contributed by atoms with van der Waals surface area (Å²) in [6, 6.07) is 0. The number of esters is 4. The number of hydrogen-bond acceptors (Lipinski definition) is 15. The van der Waals surface area contributed by atoms with Gasteiger partial charge in [0.25, 0.3) is 0 Å². The molecule has 0 aromatic carbocycles. The highest BCUT2D eigenvalue weighted by Crippen LogP contribution is 2.45. The van der Waals surface area contributed by atoms with Crippen LogP contribution in [-0.4, -0.2) is 96.7 Å². The molecule has 0 bridgehead atoms. The third-order valence-electron chi connectivity index (χ3n) is 16.1. The quantitative estimate of drug-likeness (QED) is 0.0222. The van der Waals surface area contributed by atoms with E-state index in [2.05, 4.69) is 27.7 Å². The summed E-state index contributed by atoms with van der Waals surface area (Å²) in [5.74, 6) is -2.13. The van der Waals surface area contributed by atoms with Crippen molar-refractivity contribution in [3.8, 4) is 0 Å². The average Bonchev–Trinajstić information content (AvgIpc) is 3.68. The molecule has 17 nitrogen and oxygen atoms in total. The van der Waals surface area contributed by atoms with Crippen LogP contribution < -0.4 is 0 Å². The first-order valence-electron chi connectivity index (χ1n) is 36.3. The molecule has 0 aliphatic carbocycles. The Morgan fingerprint density at radius 1 is 0.273 bits per heavy atom. The zero-order valence-electron chi connectivity index (χ0n) is 56.7. The molecule has 522 valence electrons. The van der Waals surface area contributed by atoms with Gasteiger partial charge in [-0.3, -0.25) is 37.3 Å². The maximum atomic E-state index is 13.0. The van der Waals surface area contributed by atoms with E-state index in [4.69, 9.17) is 37.0 Å². The predicted octanol–water partition coefficient (Wildman–Crippen LogP) is 19.9. The van der Waals surface area contributed by atoms with Gasteiger partial charge in [0.15, 0.2) is 12.2 Å². The summed E-state index contributed by atoms with van der Waals surface area (Å²) in [5.41, 5.74) is 0. The number of aliphatic hydroxyl groups excluding tert-OH is 1. The van der Waals surface area contributed by atoms with Gasteiger partial charge in [0.05, 0.1) is 26.4 Å². The zero-order chi connectivity index (χ0) is 64.7. The molecule has 0 aliphatic rings. The van der Waals surface area contributed by atoms with Crippen LogP contribution in [0.15, 0.2) is 0 Å². The molecule has 3 N–H and O–H groups in total. The first-order valence-corrected chi connectivity index (χ1v) is 39.3. The Balaban J connectivity index is 5.18. The van der Waals surface area contributed by atoms with Gasteiger partial charge in [-0.15, -0.1) is 0 Å². The number of carbonyl (C=O) groups is 4. The lowest BCUT2D eigenvalue weighted by Crippen LogP contribution is -2.30. The van der Waals surface area contributed by atoms with Crippen LogP contribution in [0.4, 0.5) is 0 Å². The van der Waals surface area contributed by atoms with Crippen molar-refractivity contribution in [3.05, 3.63) is 0 Å². The fourth-order valence-corrected chi connectivity index (χ4v) is 12.1. The third kappa shape index (κ3) is 62.8. The van der Waals surface area contributed by atoms with Gasteiger partial charge in [-0.2, -0.15) is 0 Å². The molecular weight excluding hydrogens is 1160 g/mol. The molecule has 0 rings (SSSR count). The largest absolute Gasteiger partial charge is 0.472 e. The van der Waals surface area contributed by atoms with Crippen LogP contribution in [0.2, 0.25) is 0 Å². The van der Waals surface area contributed by atoms with Gasteiger partial charge >= 0.3 is 39.5 Å². The minimum absolute atomic E-state index is 0.105. The van der Waals surface area contributed by atoms with E-state index < -0.39 is 97.5 Å². The zero-order valence-corrected chi connectivity index (χ0v) is 58.5. The number of aliphatic hydroxyl groups is 1. The van der Waals surface area contributed by atoms with E-state index in [9.17, 15) is 43.2 Å². The van der Waals surface area contributed by atoms with E-state index in [1.54, 1.807) is 0 Å². The maximum absolute atomic E-state index is 13.0. The number of rotatable bonds is 70. The summed E-state index contributed by atoms with van der Waals surface area (Å²) in [6.45, 7) is 4.89. The van der Waals surface area contributed by atoms with E-state index in [1.807, 2.05) is 0 Å². The Morgan fingerprint density at radius 2 is 0.455 bits per heavy atom. The first-order chi connectivity index (χ1) is 42.7. The summed E-state index contributed by atoms with van der Waals surface area (Å²) >= 11 is 0. The molecule has 0 aliphatic heterocycles. The minimum atomic E-state index is -4.95. The highest BCUT2D eigenvalue weighted by atomic mass is 31.2. The molecule has 0 amide bonds. The molecule has 0 radical (unpaired) electrons. The van der Waals surface area contributed by atoms with E-state index in [0.29, 0.717) is 25.7 Å². The molecule has 0 fully saturated rings. The number of phosphoric acid groups is 2. The van der Waals surface area contributed by atoms with Crippen molar-refractivity contribution in [2.75, 3.05) is 39.6 Å². The molecule has 19 heteroatoms. The fraction of sp³-hybridized carbons (Fsp3) is 0.942. The summed E-state index contributed by atoms with van der Waals surface area (Å²) in [7, 11) is -9.89. The van der Waals surface area contributed by atoms with Crippen LogP contribution in [0.1, 0.15) is 362 Å². The molecule has 0 spiro atoms. The Labute approximate surface area is 537 Å².